The normalized spacial score (nSPS) is 11.1. The summed E-state index contributed by atoms with van der Waals surface area (Å²) in [5, 5.41) is 15.6. The Bertz CT molecular complexity index is 1350. The Hall–Kier alpha value is -4.32. The van der Waals surface area contributed by atoms with Crippen molar-refractivity contribution in [1.29, 1.82) is 0 Å². The highest BCUT2D eigenvalue weighted by molar-refractivity contribution is 5.75. The van der Waals surface area contributed by atoms with Crippen LogP contribution in [0.25, 0.3) is 45.0 Å². The van der Waals surface area contributed by atoms with Crippen LogP contribution in [-0.2, 0) is 0 Å². The Morgan fingerprint density at radius 3 is 1.26 bits per heavy atom. The fraction of sp³-hybridized carbons (Fsp3) is 0.250. The molecule has 38 heavy (non-hydrogen) atoms. The van der Waals surface area contributed by atoms with Gasteiger partial charge in [-0.15, -0.1) is 0 Å². The van der Waals surface area contributed by atoms with Crippen molar-refractivity contribution in [3.63, 3.8) is 0 Å². The lowest BCUT2D eigenvalue weighted by Gasteiger charge is -2.20. The van der Waals surface area contributed by atoms with Crippen LogP contribution in [0.3, 0.4) is 0 Å². The lowest BCUT2D eigenvalue weighted by molar-refractivity contribution is 0.866. The Labute approximate surface area is 225 Å². The fourth-order valence-corrected chi connectivity index (χ4v) is 4.95. The topological polar surface area (TPSA) is 63.8 Å². The van der Waals surface area contributed by atoms with E-state index in [1.165, 1.54) is 11.4 Å². The number of hydrogen-bond acceptors (Lipinski definition) is 4. The van der Waals surface area contributed by atoms with Gasteiger partial charge in [0.25, 0.3) is 0 Å². The zero-order valence-corrected chi connectivity index (χ0v) is 22.7. The number of nitrogens with zero attached hydrogens (tertiary/aromatic N) is 4. The lowest BCUT2D eigenvalue weighted by Crippen LogP contribution is -2.21. The largest absolute Gasteiger partial charge is 0.372 e. The van der Waals surface area contributed by atoms with Crippen LogP contribution >= 0.6 is 0 Å². The first-order valence-electron chi connectivity index (χ1n) is 13.6. The van der Waals surface area contributed by atoms with Crippen molar-refractivity contribution in [3.05, 3.63) is 84.9 Å². The highest BCUT2D eigenvalue weighted by Crippen LogP contribution is 2.30. The summed E-state index contributed by atoms with van der Waals surface area (Å²) in [5.74, 6) is 0. The lowest BCUT2D eigenvalue weighted by atomic mass is 10.0. The fourth-order valence-electron chi connectivity index (χ4n) is 4.95. The summed E-state index contributed by atoms with van der Waals surface area (Å²) in [6, 6.07) is 29.9. The number of aromatic amines is 2. The molecule has 0 aliphatic carbocycles. The van der Waals surface area contributed by atoms with Gasteiger partial charge in [-0.3, -0.25) is 10.2 Å². The van der Waals surface area contributed by atoms with E-state index in [0.717, 1.165) is 71.2 Å². The number of anilines is 2. The van der Waals surface area contributed by atoms with Crippen LogP contribution in [0.15, 0.2) is 84.9 Å². The number of aromatic nitrogens is 4. The predicted molar refractivity (Wildman–Crippen MR) is 160 cm³/mol. The number of nitrogens with one attached hydrogen (secondary N) is 2. The number of benzene rings is 3. The first-order chi connectivity index (χ1) is 18.6. The Kier molecular flexibility index (Phi) is 7.59. The Balaban J connectivity index is 1.34. The molecule has 0 saturated heterocycles. The third kappa shape index (κ3) is 5.21. The van der Waals surface area contributed by atoms with Gasteiger partial charge in [0.2, 0.25) is 0 Å². The summed E-state index contributed by atoms with van der Waals surface area (Å²) in [4.78, 5) is 4.69. The van der Waals surface area contributed by atoms with Crippen LogP contribution in [-0.4, -0.2) is 46.6 Å². The molecule has 0 unspecified atom stereocenters. The molecule has 0 atom stereocenters. The molecule has 0 fully saturated rings. The minimum Gasteiger partial charge on any atom is -0.372 e. The van der Waals surface area contributed by atoms with Gasteiger partial charge in [-0.25, -0.2) is 0 Å². The highest BCUT2D eigenvalue weighted by atomic mass is 15.1. The summed E-state index contributed by atoms with van der Waals surface area (Å²) < 4.78 is 0. The van der Waals surface area contributed by atoms with E-state index in [4.69, 9.17) is 0 Å². The summed E-state index contributed by atoms with van der Waals surface area (Å²) in [5.41, 5.74) is 10.7. The summed E-state index contributed by atoms with van der Waals surface area (Å²) in [7, 11) is 0. The van der Waals surface area contributed by atoms with Gasteiger partial charge in [-0.1, -0.05) is 42.5 Å². The van der Waals surface area contributed by atoms with Gasteiger partial charge in [-0.05, 0) is 81.3 Å². The second-order valence-electron chi connectivity index (χ2n) is 9.35. The highest BCUT2D eigenvalue weighted by Gasteiger charge is 2.11. The van der Waals surface area contributed by atoms with Crippen molar-refractivity contribution in [3.8, 4) is 45.0 Å². The van der Waals surface area contributed by atoms with Crippen LogP contribution in [0.1, 0.15) is 27.7 Å². The van der Waals surface area contributed by atoms with Crippen LogP contribution < -0.4 is 9.80 Å². The molecule has 0 saturated carbocycles. The van der Waals surface area contributed by atoms with Crippen LogP contribution in [0, 0.1) is 0 Å². The summed E-state index contributed by atoms with van der Waals surface area (Å²) in [6.45, 7) is 12.7. The molecule has 6 heteroatoms. The van der Waals surface area contributed by atoms with E-state index in [0.29, 0.717) is 0 Å². The summed E-state index contributed by atoms with van der Waals surface area (Å²) in [6.07, 6.45) is 0. The van der Waals surface area contributed by atoms with Crippen LogP contribution in [0.2, 0.25) is 0 Å². The average molecular weight is 505 g/mol. The van der Waals surface area contributed by atoms with Gasteiger partial charge in [0.05, 0.1) is 22.8 Å². The second-order valence-corrected chi connectivity index (χ2v) is 9.35. The van der Waals surface area contributed by atoms with Gasteiger partial charge in [0.1, 0.15) is 0 Å². The standard InChI is InChI=1S/C32H36N6/c1-5-37(6-2)27-16-12-23(13-17-27)29-21-31(35-33-29)25-10-9-11-26(20-25)32-22-30(34-36-32)24-14-18-28(19-15-24)38(7-3)8-4/h9-22H,5-8H2,1-4H3,(H,33,35)(H,34,36). The third-order valence-corrected chi connectivity index (χ3v) is 7.22. The molecule has 0 radical (unpaired) electrons. The third-order valence-electron chi connectivity index (χ3n) is 7.22. The van der Waals surface area contributed by atoms with Crippen molar-refractivity contribution < 1.29 is 0 Å². The molecule has 0 amide bonds. The predicted octanol–water partition coefficient (Wildman–Crippen LogP) is 7.49. The molecule has 194 valence electrons. The van der Waals surface area contributed by atoms with E-state index in [1.807, 2.05) is 0 Å². The van der Waals surface area contributed by atoms with Crippen molar-refractivity contribution >= 4 is 11.4 Å². The molecule has 2 heterocycles. The average Bonchev–Trinajstić information content (AvgIpc) is 3.66. The van der Waals surface area contributed by atoms with Crippen molar-refractivity contribution in [2.75, 3.05) is 36.0 Å². The Morgan fingerprint density at radius 1 is 0.500 bits per heavy atom. The number of rotatable bonds is 10. The Morgan fingerprint density at radius 2 is 0.895 bits per heavy atom. The maximum atomic E-state index is 4.61. The van der Waals surface area contributed by atoms with Gasteiger partial charge in [0, 0.05) is 48.7 Å². The molecule has 5 rings (SSSR count). The second kappa shape index (κ2) is 11.4. The van der Waals surface area contributed by atoms with Crippen molar-refractivity contribution in [2.24, 2.45) is 0 Å². The minimum atomic E-state index is 0.914. The van der Waals surface area contributed by atoms with Crippen molar-refractivity contribution in [2.45, 2.75) is 27.7 Å². The molecule has 0 spiro atoms. The maximum absolute atomic E-state index is 4.61. The van der Waals surface area contributed by atoms with Gasteiger partial charge < -0.3 is 9.80 Å². The molecular weight excluding hydrogens is 468 g/mol. The summed E-state index contributed by atoms with van der Waals surface area (Å²) >= 11 is 0. The quantitative estimate of drug-likeness (QED) is 0.207. The van der Waals surface area contributed by atoms with Crippen LogP contribution in [0.4, 0.5) is 11.4 Å². The first-order valence-corrected chi connectivity index (χ1v) is 13.6. The molecule has 2 aromatic heterocycles. The van der Waals surface area contributed by atoms with Gasteiger partial charge in [-0.2, -0.15) is 10.2 Å². The molecule has 3 aromatic carbocycles. The first kappa shape index (κ1) is 25.3. The van der Waals surface area contributed by atoms with E-state index in [9.17, 15) is 0 Å². The van der Waals surface area contributed by atoms with E-state index >= 15 is 0 Å². The number of hydrogen-bond donors (Lipinski definition) is 2. The zero-order valence-electron chi connectivity index (χ0n) is 22.7. The zero-order chi connectivity index (χ0) is 26.5. The van der Waals surface area contributed by atoms with E-state index < -0.39 is 0 Å². The molecule has 0 bridgehead atoms. The monoisotopic (exact) mass is 504 g/mol. The minimum absolute atomic E-state index is 0.914. The molecule has 6 nitrogen and oxygen atoms in total. The van der Waals surface area contributed by atoms with Gasteiger partial charge >= 0.3 is 0 Å². The molecule has 0 aliphatic heterocycles. The molecule has 2 N–H and O–H groups in total. The van der Waals surface area contributed by atoms with E-state index in [-0.39, 0.29) is 0 Å². The van der Waals surface area contributed by atoms with Crippen molar-refractivity contribution in [1.82, 2.24) is 20.4 Å². The molecule has 0 aliphatic rings. The van der Waals surface area contributed by atoms with E-state index in [1.54, 1.807) is 0 Å². The maximum Gasteiger partial charge on any atom is 0.0927 e. The van der Waals surface area contributed by atoms with Gasteiger partial charge in [0.15, 0.2) is 0 Å². The number of H-pyrrole nitrogens is 2. The SMILES string of the molecule is CCN(CC)c1ccc(-c2cc(-c3cccc(-c4cc(-c5ccc(N(CC)CC)cc5)[nH]n4)c3)n[nH]2)cc1. The molecular formula is C32H36N6. The van der Waals surface area contributed by atoms with Crippen LogP contribution in [0.5, 0.6) is 0 Å². The smallest absolute Gasteiger partial charge is 0.0927 e. The van der Waals surface area contributed by atoms with E-state index in [2.05, 4.69) is 143 Å². The molecule has 5 aromatic rings.